The highest BCUT2D eigenvalue weighted by molar-refractivity contribution is 5.82. The first-order chi connectivity index (χ1) is 8.78. The normalized spacial score (nSPS) is 39.6. The minimum atomic E-state index is 0.0586. The molecular formula is C14H24N2O2. The molecule has 3 fully saturated rings. The molecule has 1 amide bonds. The maximum atomic E-state index is 12.3. The molecule has 102 valence electrons. The Balaban J connectivity index is 1.57. The van der Waals surface area contributed by atoms with E-state index in [-0.39, 0.29) is 6.04 Å². The summed E-state index contributed by atoms with van der Waals surface area (Å²) in [5.41, 5.74) is 0. The molecule has 4 unspecified atom stereocenters. The van der Waals surface area contributed by atoms with Gasteiger partial charge in [0.15, 0.2) is 0 Å². The highest BCUT2D eigenvalue weighted by atomic mass is 16.5. The number of rotatable bonds is 4. The largest absolute Gasteiger partial charge is 0.375 e. The van der Waals surface area contributed by atoms with Gasteiger partial charge in [-0.1, -0.05) is 6.92 Å². The highest BCUT2D eigenvalue weighted by Crippen LogP contribution is 2.39. The van der Waals surface area contributed by atoms with Crippen LogP contribution in [0.15, 0.2) is 0 Å². The number of hydrogen-bond donors (Lipinski definition) is 1. The van der Waals surface area contributed by atoms with Crippen LogP contribution in [0.25, 0.3) is 0 Å². The molecule has 0 aromatic rings. The van der Waals surface area contributed by atoms with E-state index in [1.165, 1.54) is 19.3 Å². The first-order valence-electron chi connectivity index (χ1n) is 7.45. The van der Waals surface area contributed by atoms with Gasteiger partial charge in [0.25, 0.3) is 0 Å². The van der Waals surface area contributed by atoms with Gasteiger partial charge < -0.3 is 15.0 Å². The molecule has 3 saturated heterocycles. The van der Waals surface area contributed by atoms with Gasteiger partial charge in [0.05, 0.1) is 18.2 Å². The minimum Gasteiger partial charge on any atom is -0.375 e. The number of hydrogen-bond acceptors (Lipinski definition) is 3. The first kappa shape index (κ1) is 12.4. The van der Waals surface area contributed by atoms with Crippen molar-refractivity contribution in [1.82, 2.24) is 10.2 Å². The number of nitrogens with one attached hydrogen (secondary N) is 1. The van der Waals surface area contributed by atoms with E-state index in [1.54, 1.807) is 0 Å². The van der Waals surface area contributed by atoms with Gasteiger partial charge in [-0.2, -0.15) is 0 Å². The van der Waals surface area contributed by atoms with Crippen molar-refractivity contribution in [3.63, 3.8) is 0 Å². The predicted molar refractivity (Wildman–Crippen MR) is 69.3 cm³/mol. The third-order valence-corrected chi connectivity index (χ3v) is 4.67. The molecule has 3 rings (SSSR count). The Morgan fingerprint density at radius 2 is 2.28 bits per heavy atom. The number of nitrogens with zero attached hydrogens (tertiary/aromatic N) is 1. The lowest BCUT2D eigenvalue weighted by Gasteiger charge is -2.35. The van der Waals surface area contributed by atoms with E-state index in [9.17, 15) is 4.79 Å². The molecule has 4 atom stereocenters. The molecule has 4 heteroatoms. The van der Waals surface area contributed by atoms with Crippen molar-refractivity contribution in [2.45, 2.75) is 57.3 Å². The van der Waals surface area contributed by atoms with Gasteiger partial charge >= 0.3 is 0 Å². The van der Waals surface area contributed by atoms with Gasteiger partial charge in [0, 0.05) is 19.0 Å². The molecular weight excluding hydrogens is 228 g/mol. The van der Waals surface area contributed by atoms with Crippen molar-refractivity contribution >= 4 is 5.91 Å². The van der Waals surface area contributed by atoms with Gasteiger partial charge in [-0.25, -0.2) is 0 Å². The summed E-state index contributed by atoms with van der Waals surface area (Å²) in [4.78, 5) is 14.4. The Labute approximate surface area is 109 Å². The van der Waals surface area contributed by atoms with E-state index in [1.807, 2.05) is 0 Å². The predicted octanol–water partition coefficient (Wildman–Crippen LogP) is 1.15. The number of carbonyl (C=O) groups excluding carboxylic acids is 1. The van der Waals surface area contributed by atoms with Crippen molar-refractivity contribution < 1.29 is 9.53 Å². The quantitative estimate of drug-likeness (QED) is 0.816. The summed E-state index contributed by atoms with van der Waals surface area (Å²) in [6.45, 7) is 4.80. The number of amides is 1. The second kappa shape index (κ2) is 5.17. The monoisotopic (exact) mass is 252 g/mol. The Kier molecular flexibility index (Phi) is 3.57. The summed E-state index contributed by atoms with van der Waals surface area (Å²) in [6.07, 6.45) is 6.65. The molecule has 0 spiro atoms. The number of piperidine rings is 1. The number of likely N-dealkylation sites (N-methyl/N-ethyl adjacent to an activating group) is 1. The third kappa shape index (κ3) is 2.28. The smallest absolute Gasteiger partial charge is 0.239 e. The molecule has 3 heterocycles. The Bertz CT molecular complexity index is 319. The zero-order chi connectivity index (χ0) is 12.5. The van der Waals surface area contributed by atoms with E-state index < -0.39 is 0 Å². The second-order valence-electron chi connectivity index (χ2n) is 5.91. The number of fused-ring (bicyclic) bond motifs is 2. The maximum Gasteiger partial charge on any atom is 0.239 e. The topological polar surface area (TPSA) is 41.6 Å². The Hall–Kier alpha value is -0.610. The van der Waals surface area contributed by atoms with E-state index in [0.29, 0.717) is 24.0 Å². The molecule has 18 heavy (non-hydrogen) atoms. The van der Waals surface area contributed by atoms with Crippen LogP contribution in [0.4, 0.5) is 0 Å². The van der Waals surface area contributed by atoms with Crippen molar-refractivity contribution in [2.24, 2.45) is 5.92 Å². The van der Waals surface area contributed by atoms with Crippen LogP contribution in [0.3, 0.4) is 0 Å². The lowest BCUT2D eigenvalue weighted by Crippen LogP contribution is -2.52. The summed E-state index contributed by atoms with van der Waals surface area (Å²) in [5.74, 6) is 0.902. The molecule has 0 aliphatic carbocycles. The fourth-order valence-electron chi connectivity index (χ4n) is 3.78. The average molecular weight is 252 g/mol. The summed E-state index contributed by atoms with van der Waals surface area (Å²) < 4.78 is 5.88. The second-order valence-corrected chi connectivity index (χ2v) is 5.91. The van der Waals surface area contributed by atoms with Crippen LogP contribution in [0, 0.1) is 5.92 Å². The van der Waals surface area contributed by atoms with E-state index in [2.05, 4.69) is 17.1 Å². The lowest BCUT2D eigenvalue weighted by molar-refractivity contribution is -0.136. The van der Waals surface area contributed by atoms with Crippen LogP contribution < -0.4 is 5.32 Å². The summed E-state index contributed by atoms with van der Waals surface area (Å²) >= 11 is 0. The van der Waals surface area contributed by atoms with Gasteiger partial charge in [-0.15, -0.1) is 0 Å². The van der Waals surface area contributed by atoms with Crippen LogP contribution in [-0.2, 0) is 9.53 Å². The number of carbonyl (C=O) groups is 1. The molecule has 3 aliphatic heterocycles. The van der Waals surface area contributed by atoms with E-state index in [4.69, 9.17) is 4.74 Å². The Morgan fingerprint density at radius 3 is 2.94 bits per heavy atom. The van der Waals surface area contributed by atoms with Gasteiger partial charge in [-0.05, 0) is 38.6 Å². The van der Waals surface area contributed by atoms with Gasteiger partial charge in [0.2, 0.25) is 5.91 Å². The zero-order valence-electron chi connectivity index (χ0n) is 11.2. The molecule has 0 aromatic carbocycles. The van der Waals surface area contributed by atoms with Crippen molar-refractivity contribution in [2.75, 3.05) is 19.6 Å². The van der Waals surface area contributed by atoms with E-state index >= 15 is 0 Å². The Morgan fingerprint density at radius 1 is 1.39 bits per heavy atom. The average Bonchev–Trinajstić information content (AvgIpc) is 2.96. The van der Waals surface area contributed by atoms with Crippen LogP contribution in [0.2, 0.25) is 0 Å². The standard InChI is InChI=1S/C14H24N2O2/c1-2-15-12-4-3-7-16(14(12)17)9-10-8-11-5-6-13(10)18-11/h10-13,15H,2-9H2,1H3. The van der Waals surface area contributed by atoms with Crippen LogP contribution in [0.1, 0.15) is 39.0 Å². The molecule has 1 N–H and O–H groups in total. The van der Waals surface area contributed by atoms with Crippen molar-refractivity contribution in [3.8, 4) is 0 Å². The fraction of sp³-hybridized carbons (Fsp3) is 0.929. The molecule has 2 bridgehead atoms. The van der Waals surface area contributed by atoms with Gasteiger partial charge in [-0.3, -0.25) is 4.79 Å². The summed E-state index contributed by atoms with van der Waals surface area (Å²) in [5, 5.41) is 3.30. The van der Waals surface area contributed by atoms with Crippen LogP contribution >= 0.6 is 0 Å². The van der Waals surface area contributed by atoms with Crippen LogP contribution in [-0.4, -0.2) is 48.7 Å². The van der Waals surface area contributed by atoms with Gasteiger partial charge in [0.1, 0.15) is 0 Å². The van der Waals surface area contributed by atoms with Crippen LogP contribution in [0.5, 0.6) is 0 Å². The molecule has 0 saturated carbocycles. The maximum absolute atomic E-state index is 12.3. The first-order valence-corrected chi connectivity index (χ1v) is 7.45. The third-order valence-electron chi connectivity index (χ3n) is 4.67. The van der Waals surface area contributed by atoms with Crippen molar-refractivity contribution in [1.29, 1.82) is 0 Å². The minimum absolute atomic E-state index is 0.0586. The zero-order valence-corrected chi connectivity index (χ0v) is 11.2. The summed E-state index contributed by atoms with van der Waals surface area (Å²) in [6, 6.07) is 0.0586. The fourth-order valence-corrected chi connectivity index (χ4v) is 3.78. The number of ether oxygens (including phenoxy) is 1. The highest BCUT2D eigenvalue weighted by Gasteiger charge is 2.42. The molecule has 0 aromatic heterocycles. The van der Waals surface area contributed by atoms with Crippen molar-refractivity contribution in [3.05, 3.63) is 0 Å². The van der Waals surface area contributed by atoms with E-state index in [0.717, 1.165) is 32.5 Å². The number of likely N-dealkylation sites (tertiary alicyclic amines) is 1. The SMILES string of the molecule is CCNC1CCCN(CC2CC3CCC2O3)C1=O. The summed E-state index contributed by atoms with van der Waals surface area (Å²) in [7, 11) is 0. The lowest BCUT2D eigenvalue weighted by atomic mass is 9.88. The molecule has 3 aliphatic rings. The molecule has 4 nitrogen and oxygen atoms in total. The molecule has 0 radical (unpaired) electrons.